The summed E-state index contributed by atoms with van der Waals surface area (Å²) in [7, 11) is 0. The van der Waals surface area contributed by atoms with E-state index in [0.717, 1.165) is 15.6 Å². The summed E-state index contributed by atoms with van der Waals surface area (Å²) in [6.45, 7) is 10.2. The van der Waals surface area contributed by atoms with Gasteiger partial charge in [0, 0.05) is 10.2 Å². The molecule has 3 aromatic carbocycles. The number of carbonyl (C=O) groups is 1. The van der Waals surface area contributed by atoms with Gasteiger partial charge in [-0.25, -0.2) is 0 Å². The maximum absolute atomic E-state index is 13.9. The highest BCUT2D eigenvalue weighted by atomic mass is 79.9. The Morgan fingerprint density at radius 3 is 2.43 bits per heavy atom. The van der Waals surface area contributed by atoms with Crippen LogP contribution in [0.15, 0.2) is 80.9 Å². The second-order valence-corrected chi connectivity index (χ2v) is 9.82. The van der Waals surface area contributed by atoms with Gasteiger partial charge in [0.15, 0.2) is 16.9 Å². The summed E-state index contributed by atoms with van der Waals surface area (Å²) in [6.07, 6.45) is 1.66. The maximum atomic E-state index is 13.9. The summed E-state index contributed by atoms with van der Waals surface area (Å²) in [4.78, 5) is 29.4. The van der Waals surface area contributed by atoms with Crippen LogP contribution in [0.2, 0.25) is 0 Å². The molecule has 0 N–H and O–H groups in total. The van der Waals surface area contributed by atoms with Crippen LogP contribution in [0.4, 0.5) is 5.69 Å². The molecule has 1 aliphatic heterocycles. The van der Waals surface area contributed by atoms with Crippen LogP contribution in [0.3, 0.4) is 0 Å². The van der Waals surface area contributed by atoms with Gasteiger partial charge < -0.3 is 13.9 Å². The number of hydrogen-bond acceptors (Lipinski definition) is 5. The zero-order valence-electron chi connectivity index (χ0n) is 20.8. The van der Waals surface area contributed by atoms with Gasteiger partial charge in [-0.15, -0.1) is 0 Å². The molecule has 0 saturated carbocycles. The quantitative estimate of drug-likeness (QED) is 0.231. The van der Waals surface area contributed by atoms with Crippen LogP contribution in [0.1, 0.15) is 45.8 Å². The molecule has 0 saturated heterocycles. The number of anilines is 1. The lowest BCUT2D eigenvalue weighted by molar-refractivity contribution is 0.0971. The molecule has 4 aromatic rings. The number of amides is 1. The van der Waals surface area contributed by atoms with Gasteiger partial charge in [0.05, 0.1) is 23.6 Å². The molecule has 7 heteroatoms. The van der Waals surface area contributed by atoms with Crippen molar-refractivity contribution in [1.82, 2.24) is 0 Å². The fraction of sp³-hybridized carbons (Fsp3) is 0.200. The molecule has 2 heterocycles. The van der Waals surface area contributed by atoms with E-state index in [1.165, 1.54) is 0 Å². The Bertz CT molecular complexity index is 1590. The van der Waals surface area contributed by atoms with Gasteiger partial charge >= 0.3 is 0 Å². The molecule has 1 amide bonds. The average molecular weight is 560 g/mol. The standard InChI is InChI=1S/C30H26BrNO5/c1-5-13-36-23-12-7-19(16-25(23)35-6-2)27-26-28(33)22-14-17(3)18(4)15-24(22)37-29(26)30(34)32(27)21-10-8-20(31)9-11-21/h5,7-12,14-16,27H,1,6,13H2,2-4H3. The molecular formula is C30H26BrNO5. The van der Waals surface area contributed by atoms with Crippen molar-refractivity contribution in [3.63, 3.8) is 0 Å². The summed E-state index contributed by atoms with van der Waals surface area (Å²) >= 11 is 3.46. The Labute approximate surface area is 223 Å². The molecule has 0 aliphatic carbocycles. The largest absolute Gasteiger partial charge is 0.490 e. The number of carbonyl (C=O) groups excluding carboxylic acids is 1. The van der Waals surface area contributed by atoms with Crippen LogP contribution < -0.4 is 19.8 Å². The van der Waals surface area contributed by atoms with Crippen LogP contribution in [0.5, 0.6) is 11.5 Å². The molecular weight excluding hydrogens is 534 g/mol. The number of nitrogens with zero attached hydrogens (tertiary/aromatic N) is 1. The van der Waals surface area contributed by atoms with Crippen molar-refractivity contribution < 1.29 is 18.7 Å². The van der Waals surface area contributed by atoms with E-state index in [1.807, 2.05) is 69.3 Å². The van der Waals surface area contributed by atoms with Gasteiger partial charge in [0.2, 0.25) is 5.76 Å². The topological polar surface area (TPSA) is 69.0 Å². The van der Waals surface area contributed by atoms with E-state index in [2.05, 4.69) is 22.5 Å². The highest BCUT2D eigenvalue weighted by Gasteiger charge is 2.44. The van der Waals surface area contributed by atoms with Crippen molar-refractivity contribution >= 4 is 38.5 Å². The number of rotatable bonds is 7. The molecule has 0 spiro atoms. The normalized spacial score (nSPS) is 14.6. The lowest BCUT2D eigenvalue weighted by Gasteiger charge is -2.26. The minimum atomic E-state index is -0.710. The van der Waals surface area contributed by atoms with E-state index in [9.17, 15) is 9.59 Å². The molecule has 0 fully saturated rings. The summed E-state index contributed by atoms with van der Waals surface area (Å²) in [5.41, 5.74) is 3.81. The lowest BCUT2D eigenvalue weighted by atomic mass is 9.97. The summed E-state index contributed by atoms with van der Waals surface area (Å²) in [5, 5.41) is 0.452. The lowest BCUT2D eigenvalue weighted by Crippen LogP contribution is -2.29. The van der Waals surface area contributed by atoms with Gasteiger partial charge in [0.25, 0.3) is 5.91 Å². The molecule has 1 unspecified atom stereocenters. The first-order valence-corrected chi connectivity index (χ1v) is 12.8. The second kappa shape index (κ2) is 9.90. The number of fused-ring (bicyclic) bond motifs is 2. The highest BCUT2D eigenvalue weighted by Crippen LogP contribution is 2.43. The molecule has 0 radical (unpaired) electrons. The van der Waals surface area contributed by atoms with Crippen LogP contribution in [0, 0.1) is 13.8 Å². The van der Waals surface area contributed by atoms with E-state index in [1.54, 1.807) is 17.0 Å². The van der Waals surface area contributed by atoms with Gasteiger partial charge in [-0.2, -0.15) is 0 Å². The molecule has 0 bridgehead atoms. The molecule has 1 atom stereocenters. The molecule has 188 valence electrons. The van der Waals surface area contributed by atoms with Gasteiger partial charge in [0.1, 0.15) is 12.2 Å². The van der Waals surface area contributed by atoms with Crippen molar-refractivity contribution in [2.24, 2.45) is 0 Å². The fourth-order valence-corrected chi connectivity index (χ4v) is 4.91. The van der Waals surface area contributed by atoms with Gasteiger partial charge in [-0.3, -0.25) is 14.5 Å². The third-order valence-corrected chi connectivity index (χ3v) is 7.06. The predicted octanol–water partition coefficient (Wildman–Crippen LogP) is 6.89. The molecule has 5 rings (SSSR count). The Balaban J connectivity index is 1.77. The minimum absolute atomic E-state index is 0.0543. The van der Waals surface area contributed by atoms with E-state index < -0.39 is 6.04 Å². The molecule has 1 aromatic heterocycles. The first-order chi connectivity index (χ1) is 17.8. The third-order valence-electron chi connectivity index (χ3n) is 6.53. The Kier molecular flexibility index (Phi) is 6.65. The summed E-state index contributed by atoms with van der Waals surface area (Å²) in [5.74, 6) is 0.764. The van der Waals surface area contributed by atoms with Crippen molar-refractivity contribution in [2.75, 3.05) is 18.1 Å². The van der Waals surface area contributed by atoms with Crippen molar-refractivity contribution in [3.8, 4) is 11.5 Å². The van der Waals surface area contributed by atoms with Crippen LogP contribution in [-0.2, 0) is 0 Å². The molecule has 6 nitrogen and oxygen atoms in total. The fourth-order valence-electron chi connectivity index (χ4n) is 4.64. The Morgan fingerprint density at radius 2 is 1.73 bits per heavy atom. The molecule has 37 heavy (non-hydrogen) atoms. The second-order valence-electron chi connectivity index (χ2n) is 8.90. The number of halogens is 1. The van der Waals surface area contributed by atoms with Crippen molar-refractivity contribution in [3.05, 3.63) is 110 Å². The van der Waals surface area contributed by atoms with E-state index >= 15 is 0 Å². The smallest absolute Gasteiger partial charge is 0.295 e. The van der Waals surface area contributed by atoms with Crippen LogP contribution >= 0.6 is 15.9 Å². The minimum Gasteiger partial charge on any atom is -0.490 e. The van der Waals surface area contributed by atoms with Gasteiger partial charge in [-0.1, -0.05) is 34.7 Å². The van der Waals surface area contributed by atoms with Crippen LogP contribution in [0.25, 0.3) is 11.0 Å². The average Bonchev–Trinajstić information content (AvgIpc) is 3.17. The van der Waals surface area contributed by atoms with Crippen LogP contribution in [-0.4, -0.2) is 19.1 Å². The zero-order chi connectivity index (χ0) is 26.3. The number of ether oxygens (including phenoxy) is 2. The number of aryl methyl sites for hydroxylation is 2. The highest BCUT2D eigenvalue weighted by molar-refractivity contribution is 9.10. The molecule has 1 aliphatic rings. The third kappa shape index (κ3) is 4.33. The van der Waals surface area contributed by atoms with E-state index in [0.29, 0.717) is 52.5 Å². The van der Waals surface area contributed by atoms with E-state index in [4.69, 9.17) is 13.9 Å². The van der Waals surface area contributed by atoms with Crippen molar-refractivity contribution in [2.45, 2.75) is 26.8 Å². The first kappa shape index (κ1) is 24.8. The maximum Gasteiger partial charge on any atom is 0.295 e. The Morgan fingerprint density at radius 1 is 1.00 bits per heavy atom. The zero-order valence-corrected chi connectivity index (χ0v) is 22.4. The van der Waals surface area contributed by atoms with Crippen molar-refractivity contribution in [1.29, 1.82) is 0 Å². The first-order valence-electron chi connectivity index (χ1n) is 12.0. The van der Waals surface area contributed by atoms with E-state index in [-0.39, 0.29) is 17.1 Å². The SMILES string of the molecule is C=CCOc1ccc(C2c3c(oc4cc(C)c(C)cc4c3=O)C(=O)N2c2ccc(Br)cc2)cc1OCC. The monoisotopic (exact) mass is 559 g/mol. The van der Waals surface area contributed by atoms with Gasteiger partial charge in [-0.05, 0) is 86.0 Å². The number of hydrogen-bond donors (Lipinski definition) is 0. The summed E-state index contributed by atoms with van der Waals surface area (Å²) in [6, 6.07) is 15.8. The summed E-state index contributed by atoms with van der Waals surface area (Å²) < 4.78 is 18.7. The number of benzene rings is 3. The predicted molar refractivity (Wildman–Crippen MR) is 148 cm³/mol. The Hall–Kier alpha value is -3.84.